The molecule has 6 rings (SSSR count). The molecule has 0 radical (unpaired) electrons. The van der Waals surface area contributed by atoms with E-state index >= 15 is 0 Å². The topological polar surface area (TPSA) is 146 Å². The first-order valence-corrected chi connectivity index (χ1v) is 20.5. The lowest BCUT2D eigenvalue weighted by Gasteiger charge is -2.36. The molecule has 53 heavy (non-hydrogen) atoms. The van der Waals surface area contributed by atoms with Gasteiger partial charge in [0.1, 0.15) is 11.6 Å². The summed E-state index contributed by atoms with van der Waals surface area (Å²) in [6, 6.07) is 3.91. The van der Waals surface area contributed by atoms with Gasteiger partial charge in [-0.1, -0.05) is 32.9 Å². The summed E-state index contributed by atoms with van der Waals surface area (Å²) >= 11 is 1.31. The first kappa shape index (κ1) is 39.0. The van der Waals surface area contributed by atoms with Crippen LogP contribution in [0.25, 0.3) is 10.9 Å². The van der Waals surface area contributed by atoms with Crippen LogP contribution in [0.4, 0.5) is 13.2 Å². The number of thioether (sulfide) groups is 1. The molecule has 3 heterocycles. The van der Waals surface area contributed by atoms with Gasteiger partial charge in [0.25, 0.3) is 5.91 Å². The van der Waals surface area contributed by atoms with Gasteiger partial charge in [0, 0.05) is 53.7 Å². The Morgan fingerprint density at radius 2 is 1.79 bits per heavy atom. The standard InChI is InChI=1S/C37H46F3N5O6S2/c1-5-22-20-36(22,34(49)43-53(50,51)25-10-11-25)42-32(47)29-18-24(52-30-13-14-41-28-17-23(37(38,39)40)9-12-26(28)30)21-45(29)33(48)27(35(2,3)4)19-31(46)44-15-7-6-8-16-44/h5,9,12-14,17,22,24-25,27,29H,1,6-8,10-11,15-16,18-21H2,2-4H3,(H,42,47)(H,43,49)/t22?,24-,27-,29+,36-/m1/s1. The van der Waals surface area contributed by atoms with Crippen LogP contribution in [0, 0.1) is 17.3 Å². The van der Waals surface area contributed by atoms with Crippen molar-refractivity contribution >= 4 is 56.3 Å². The molecule has 1 aromatic heterocycles. The van der Waals surface area contributed by atoms with E-state index in [1.165, 1.54) is 35.0 Å². The van der Waals surface area contributed by atoms with E-state index in [0.717, 1.165) is 31.4 Å². The van der Waals surface area contributed by atoms with Gasteiger partial charge in [-0.3, -0.25) is 28.9 Å². The summed E-state index contributed by atoms with van der Waals surface area (Å²) in [5.41, 5.74) is -2.92. The molecule has 2 N–H and O–H groups in total. The molecular weight excluding hydrogens is 732 g/mol. The maximum atomic E-state index is 14.6. The Balaban J connectivity index is 1.29. The highest BCUT2D eigenvalue weighted by molar-refractivity contribution is 8.00. The van der Waals surface area contributed by atoms with E-state index < -0.39 is 78.8 Å². The number of pyridine rings is 1. The first-order chi connectivity index (χ1) is 24.8. The number of benzene rings is 1. The zero-order chi connectivity index (χ0) is 38.5. The van der Waals surface area contributed by atoms with Gasteiger partial charge in [0.05, 0.1) is 22.2 Å². The molecular formula is C37H46F3N5O6S2. The second-order valence-corrected chi connectivity index (χ2v) is 19.1. The second-order valence-electron chi connectivity index (χ2n) is 15.8. The molecule has 2 saturated carbocycles. The smallest absolute Gasteiger partial charge is 0.343 e. The predicted octanol–water partition coefficient (Wildman–Crippen LogP) is 5.05. The van der Waals surface area contributed by atoms with Gasteiger partial charge >= 0.3 is 6.18 Å². The minimum absolute atomic E-state index is 0.0502. The van der Waals surface area contributed by atoms with Gasteiger partial charge < -0.3 is 15.1 Å². The Labute approximate surface area is 311 Å². The third kappa shape index (κ3) is 8.37. The van der Waals surface area contributed by atoms with Gasteiger partial charge in [-0.25, -0.2) is 8.42 Å². The average Bonchev–Trinajstić information content (AvgIpc) is 4.03. The molecule has 5 atom stereocenters. The number of hydrogen-bond acceptors (Lipinski definition) is 8. The van der Waals surface area contributed by atoms with E-state index in [9.17, 15) is 40.8 Å². The van der Waals surface area contributed by atoms with Crippen LogP contribution in [0.2, 0.25) is 0 Å². The van der Waals surface area contributed by atoms with Crippen LogP contribution in [0.5, 0.6) is 0 Å². The van der Waals surface area contributed by atoms with E-state index in [0.29, 0.717) is 36.2 Å². The van der Waals surface area contributed by atoms with Crippen molar-refractivity contribution in [3.63, 3.8) is 0 Å². The number of nitrogens with one attached hydrogen (secondary N) is 2. The lowest BCUT2D eigenvalue weighted by Crippen LogP contribution is -2.57. The Kier molecular flexibility index (Phi) is 10.7. The minimum atomic E-state index is -4.55. The zero-order valence-corrected chi connectivity index (χ0v) is 31.7. The van der Waals surface area contributed by atoms with Gasteiger partial charge in [0.2, 0.25) is 27.7 Å². The number of fused-ring (bicyclic) bond motifs is 1. The number of hydrogen-bond donors (Lipinski definition) is 2. The zero-order valence-electron chi connectivity index (χ0n) is 30.1. The molecule has 11 nitrogen and oxygen atoms in total. The van der Waals surface area contributed by atoms with Gasteiger partial charge in [-0.05, 0) is 68.6 Å². The number of rotatable bonds is 11. The first-order valence-electron chi connectivity index (χ1n) is 18.1. The number of amides is 4. The summed E-state index contributed by atoms with van der Waals surface area (Å²) in [6.45, 7) is 10.7. The number of carbonyl (C=O) groups excluding carboxylic acids is 4. The van der Waals surface area contributed by atoms with Crippen LogP contribution in [-0.4, -0.2) is 88.5 Å². The fraction of sp³-hybridized carbons (Fsp3) is 0.595. The lowest BCUT2D eigenvalue weighted by molar-refractivity contribution is -0.148. The highest BCUT2D eigenvalue weighted by atomic mass is 32.2. The molecule has 1 unspecified atom stereocenters. The van der Waals surface area contributed by atoms with Crippen molar-refractivity contribution in [3.05, 3.63) is 48.7 Å². The third-order valence-corrected chi connectivity index (χ3v) is 14.0. The van der Waals surface area contributed by atoms with Crippen molar-refractivity contribution in [2.75, 3.05) is 19.6 Å². The summed E-state index contributed by atoms with van der Waals surface area (Å²) in [5.74, 6) is -3.36. The normalized spacial score (nSPS) is 25.5. The van der Waals surface area contributed by atoms with Crippen LogP contribution in [0.1, 0.15) is 77.7 Å². The van der Waals surface area contributed by atoms with E-state index in [-0.39, 0.29) is 37.2 Å². The largest absolute Gasteiger partial charge is 0.416 e. The van der Waals surface area contributed by atoms with Crippen LogP contribution in [0.15, 0.2) is 48.0 Å². The fourth-order valence-corrected chi connectivity index (χ4v) is 10.1. The molecule has 288 valence electrons. The Bertz CT molecular complexity index is 1910. The third-order valence-electron chi connectivity index (χ3n) is 10.9. The maximum absolute atomic E-state index is 14.6. The van der Waals surface area contributed by atoms with Crippen molar-refractivity contribution in [2.45, 2.75) is 105 Å². The summed E-state index contributed by atoms with van der Waals surface area (Å²) in [5, 5.41) is 2.21. The fourth-order valence-electron chi connectivity index (χ4n) is 7.39. The van der Waals surface area contributed by atoms with Gasteiger partial charge in [-0.15, -0.1) is 18.3 Å². The number of carbonyl (C=O) groups is 4. The summed E-state index contributed by atoms with van der Waals surface area (Å²) in [4.78, 5) is 63.9. The van der Waals surface area contributed by atoms with Crippen molar-refractivity contribution in [2.24, 2.45) is 17.3 Å². The predicted molar refractivity (Wildman–Crippen MR) is 194 cm³/mol. The molecule has 16 heteroatoms. The van der Waals surface area contributed by atoms with E-state index in [1.807, 2.05) is 20.8 Å². The van der Waals surface area contributed by atoms with E-state index in [4.69, 9.17) is 0 Å². The summed E-state index contributed by atoms with van der Waals surface area (Å²) in [6.07, 6.45) is 2.24. The number of piperidine rings is 1. The summed E-state index contributed by atoms with van der Waals surface area (Å²) < 4.78 is 67.9. The number of halogens is 3. The van der Waals surface area contributed by atoms with Crippen LogP contribution >= 0.6 is 11.8 Å². The molecule has 2 saturated heterocycles. The van der Waals surface area contributed by atoms with E-state index in [1.54, 1.807) is 11.0 Å². The van der Waals surface area contributed by atoms with Crippen molar-refractivity contribution in [3.8, 4) is 0 Å². The molecule has 2 aliphatic carbocycles. The second kappa shape index (κ2) is 14.5. The Morgan fingerprint density at radius 1 is 1.09 bits per heavy atom. The quantitative estimate of drug-likeness (QED) is 0.302. The van der Waals surface area contributed by atoms with Crippen LogP contribution < -0.4 is 10.0 Å². The van der Waals surface area contributed by atoms with Gasteiger partial charge in [0.15, 0.2) is 0 Å². The maximum Gasteiger partial charge on any atom is 0.416 e. The number of aromatic nitrogens is 1. The van der Waals surface area contributed by atoms with Crippen molar-refractivity contribution in [1.82, 2.24) is 24.8 Å². The number of sulfonamides is 1. The summed E-state index contributed by atoms with van der Waals surface area (Å²) in [7, 11) is -3.92. The van der Waals surface area contributed by atoms with Gasteiger partial charge in [-0.2, -0.15) is 13.2 Å². The Hall–Kier alpha value is -3.66. The van der Waals surface area contributed by atoms with Crippen molar-refractivity contribution in [1.29, 1.82) is 0 Å². The molecule has 0 spiro atoms. The number of likely N-dealkylation sites (tertiary alicyclic amines) is 2. The highest BCUT2D eigenvalue weighted by Gasteiger charge is 2.62. The van der Waals surface area contributed by atoms with Crippen LogP contribution in [0.3, 0.4) is 0 Å². The van der Waals surface area contributed by atoms with Crippen molar-refractivity contribution < 1.29 is 40.8 Å². The minimum Gasteiger partial charge on any atom is -0.343 e. The number of alkyl halides is 3. The molecule has 4 fully saturated rings. The highest BCUT2D eigenvalue weighted by Crippen LogP contribution is 2.46. The Morgan fingerprint density at radius 3 is 2.40 bits per heavy atom. The van der Waals surface area contributed by atoms with E-state index in [2.05, 4.69) is 21.6 Å². The average molecular weight is 778 g/mol. The van der Waals surface area contributed by atoms with Crippen LogP contribution in [-0.2, 0) is 35.4 Å². The SMILES string of the molecule is C=CC1C[C@]1(NC(=O)[C@@H]1C[C@@H](Sc2ccnc3cc(C(F)(F)F)ccc23)CN1C(=O)[C@@H](CC(=O)N1CCCCC1)C(C)(C)C)C(=O)NS(=O)(=O)C1CC1. The molecule has 2 aromatic rings. The molecule has 2 aliphatic heterocycles. The monoisotopic (exact) mass is 777 g/mol. The number of nitrogens with zero attached hydrogens (tertiary/aromatic N) is 3. The molecule has 4 amide bonds. The lowest BCUT2D eigenvalue weighted by atomic mass is 9.77. The molecule has 4 aliphatic rings. The molecule has 0 bridgehead atoms. The molecule has 1 aromatic carbocycles.